The number of halogens is 3. The summed E-state index contributed by atoms with van der Waals surface area (Å²) in [6.45, 7) is -0.582. The van der Waals surface area contributed by atoms with E-state index in [0.29, 0.717) is 9.37 Å². The molecule has 0 saturated heterocycles. The number of imide groups is 1. The molecule has 3 amide bonds. The molecule has 1 unspecified atom stereocenters. The second kappa shape index (κ2) is 8.65. The van der Waals surface area contributed by atoms with Gasteiger partial charge in [-0.05, 0) is 24.3 Å². The van der Waals surface area contributed by atoms with Gasteiger partial charge in [-0.25, -0.2) is 8.78 Å². The van der Waals surface area contributed by atoms with E-state index in [1.807, 2.05) is 0 Å². The summed E-state index contributed by atoms with van der Waals surface area (Å²) in [4.78, 5) is 52.0. The predicted molar refractivity (Wildman–Crippen MR) is 109 cm³/mol. The van der Waals surface area contributed by atoms with Crippen LogP contribution in [0.15, 0.2) is 34.8 Å². The first kappa shape index (κ1) is 23.3. The lowest BCUT2D eigenvalue weighted by atomic mass is 9.70. The first-order chi connectivity index (χ1) is 15.1. The topological polar surface area (TPSA) is 116 Å². The smallest absolute Gasteiger partial charge is 0.326 e. The molecule has 0 radical (unpaired) electrons. The average Bonchev–Trinajstić information content (AvgIpc) is 2.74. The molecule has 0 saturated carbocycles. The van der Waals surface area contributed by atoms with Gasteiger partial charge in [-0.15, -0.1) is 0 Å². The van der Waals surface area contributed by atoms with Gasteiger partial charge in [0.1, 0.15) is 5.82 Å². The molecule has 3 rings (SSSR count). The summed E-state index contributed by atoms with van der Waals surface area (Å²) in [7, 11) is 2.08. The van der Waals surface area contributed by atoms with E-state index >= 15 is 4.39 Å². The molecule has 8 nitrogen and oxygen atoms in total. The molecule has 1 aliphatic heterocycles. The molecule has 2 aromatic carbocycles. The number of carbonyl (C=O) groups is 4. The fraction of sp³-hybridized carbons (Fsp3) is 0.238. The van der Waals surface area contributed by atoms with Gasteiger partial charge in [0.2, 0.25) is 5.91 Å². The molecule has 2 aromatic rings. The van der Waals surface area contributed by atoms with Gasteiger partial charge in [-0.1, -0.05) is 22.0 Å². The van der Waals surface area contributed by atoms with Crippen LogP contribution in [0.4, 0.5) is 8.78 Å². The summed E-state index contributed by atoms with van der Waals surface area (Å²) in [5.74, 6) is -6.97. The number of hydrogen-bond acceptors (Lipinski definition) is 6. The number of carbonyl (C=O) groups excluding carboxylic acids is 4. The lowest BCUT2D eigenvalue weighted by Gasteiger charge is -2.39. The van der Waals surface area contributed by atoms with Crippen molar-refractivity contribution in [2.24, 2.45) is 5.73 Å². The van der Waals surface area contributed by atoms with Crippen LogP contribution in [0.5, 0.6) is 5.75 Å². The van der Waals surface area contributed by atoms with Gasteiger partial charge in [0.25, 0.3) is 11.8 Å². The maximum atomic E-state index is 15.3. The number of methoxy groups -OCH3 is 2. The number of fused-ring (bicyclic) bond motifs is 1. The standard InChI is InChI=1S/C21H17BrF2N2O6/c1-31-14-6-5-12-16(17(14)24)21(8-15(25)27,20(30)32-2)19(29)26(18(12)28)9-10-3-4-11(22)7-13(10)23/h3-7H,8-9H2,1-2H3,(H2,25,27). The molecule has 2 N–H and O–H groups in total. The van der Waals surface area contributed by atoms with Gasteiger partial charge in [-0.3, -0.25) is 24.1 Å². The largest absolute Gasteiger partial charge is 0.494 e. The first-order valence-electron chi connectivity index (χ1n) is 9.12. The van der Waals surface area contributed by atoms with Gasteiger partial charge in [0.05, 0.1) is 27.2 Å². The van der Waals surface area contributed by atoms with Crippen LogP contribution in [0.25, 0.3) is 0 Å². The molecule has 32 heavy (non-hydrogen) atoms. The Hall–Kier alpha value is -3.34. The fourth-order valence-corrected chi connectivity index (χ4v) is 4.04. The van der Waals surface area contributed by atoms with Crippen molar-refractivity contribution in [3.8, 4) is 5.75 Å². The molecule has 1 heterocycles. The first-order valence-corrected chi connectivity index (χ1v) is 9.91. The summed E-state index contributed by atoms with van der Waals surface area (Å²) >= 11 is 3.11. The van der Waals surface area contributed by atoms with Crippen LogP contribution in [0, 0.1) is 11.6 Å². The van der Waals surface area contributed by atoms with Gasteiger partial charge in [0, 0.05) is 21.2 Å². The third-order valence-electron chi connectivity index (χ3n) is 5.16. The zero-order valence-corrected chi connectivity index (χ0v) is 18.5. The van der Waals surface area contributed by atoms with Crippen LogP contribution in [-0.4, -0.2) is 42.8 Å². The zero-order chi connectivity index (χ0) is 23.8. The number of hydrogen-bond donors (Lipinski definition) is 1. The molecule has 11 heteroatoms. The zero-order valence-electron chi connectivity index (χ0n) is 16.9. The van der Waals surface area contributed by atoms with E-state index in [9.17, 15) is 23.6 Å². The maximum absolute atomic E-state index is 15.3. The Bertz CT molecular complexity index is 1160. The Morgan fingerprint density at radius 1 is 1.16 bits per heavy atom. The fourth-order valence-electron chi connectivity index (χ4n) is 3.71. The van der Waals surface area contributed by atoms with Crippen LogP contribution in [-0.2, 0) is 31.1 Å². The summed E-state index contributed by atoms with van der Waals surface area (Å²) < 4.78 is 39.8. The quantitative estimate of drug-likeness (QED) is 0.361. The highest BCUT2D eigenvalue weighted by atomic mass is 79.9. The number of esters is 1. The van der Waals surface area contributed by atoms with E-state index in [-0.39, 0.29) is 16.9 Å². The summed E-state index contributed by atoms with van der Waals surface area (Å²) in [6, 6.07) is 6.23. The van der Waals surface area contributed by atoms with Crippen molar-refractivity contribution < 1.29 is 37.4 Å². The molecular weight excluding hydrogens is 494 g/mol. The van der Waals surface area contributed by atoms with Crippen LogP contribution >= 0.6 is 15.9 Å². The Morgan fingerprint density at radius 3 is 2.41 bits per heavy atom. The van der Waals surface area contributed by atoms with Gasteiger partial charge < -0.3 is 15.2 Å². The molecular formula is C21H17BrF2N2O6. The molecule has 0 fully saturated rings. The molecule has 1 aliphatic rings. The molecule has 168 valence electrons. The minimum atomic E-state index is -2.60. The third kappa shape index (κ3) is 3.62. The van der Waals surface area contributed by atoms with Gasteiger partial charge >= 0.3 is 5.97 Å². The number of ether oxygens (including phenoxy) is 2. The van der Waals surface area contributed by atoms with Crippen molar-refractivity contribution in [2.45, 2.75) is 18.4 Å². The van der Waals surface area contributed by atoms with Crippen LogP contribution in [0.3, 0.4) is 0 Å². The van der Waals surface area contributed by atoms with E-state index < -0.39 is 59.3 Å². The van der Waals surface area contributed by atoms with Crippen molar-refractivity contribution in [3.63, 3.8) is 0 Å². The summed E-state index contributed by atoms with van der Waals surface area (Å²) in [5, 5.41) is 0. The van der Waals surface area contributed by atoms with Crippen LogP contribution < -0.4 is 10.5 Å². The monoisotopic (exact) mass is 510 g/mol. The lowest BCUT2D eigenvalue weighted by Crippen LogP contribution is -2.59. The van der Waals surface area contributed by atoms with Gasteiger partial charge in [0.15, 0.2) is 17.0 Å². The number of rotatable bonds is 6. The summed E-state index contributed by atoms with van der Waals surface area (Å²) in [5.41, 5.74) is 1.58. The lowest BCUT2D eigenvalue weighted by molar-refractivity contribution is -0.158. The molecule has 1 atom stereocenters. The molecule has 0 spiro atoms. The second-order valence-electron chi connectivity index (χ2n) is 6.98. The van der Waals surface area contributed by atoms with Crippen molar-refractivity contribution in [1.82, 2.24) is 4.90 Å². The SMILES string of the molecule is COC(=O)C1(CC(N)=O)C(=O)N(Cc2ccc(Br)cc2F)C(=O)c2ccc(OC)c(F)c21. The highest BCUT2D eigenvalue weighted by Gasteiger charge is 2.59. The van der Waals surface area contributed by atoms with E-state index in [2.05, 4.69) is 15.9 Å². The number of nitrogens with zero attached hydrogens (tertiary/aromatic N) is 1. The average molecular weight is 511 g/mol. The Balaban J connectivity index is 2.30. The van der Waals surface area contributed by atoms with Crippen LogP contribution in [0.2, 0.25) is 0 Å². The highest BCUT2D eigenvalue weighted by Crippen LogP contribution is 2.43. The van der Waals surface area contributed by atoms with E-state index in [4.69, 9.17) is 15.2 Å². The highest BCUT2D eigenvalue weighted by molar-refractivity contribution is 9.10. The number of amides is 3. The van der Waals surface area contributed by atoms with Gasteiger partial charge in [-0.2, -0.15) is 0 Å². The number of primary amides is 1. The van der Waals surface area contributed by atoms with E-state index in [1.54, 1.807) is 0 Å². The van der Waals surface area contributed by atoms with Crippen molar-refractivity contribution in [1.29, 1.82) is 0 Å². The number of benzene rings is 2. The third-order valence-corrected chi connectivity index (χ3v) is 5.65. The minimum absolute atomic E-state index is 0.0508. The Kier molecular flexibility index (Phi) is 6.31. The maximum Gasteiger partial charge on any atom is 0.326 e. The Labute approximate surface area is 189 Å². The Morgan fingerprint density at radius 2 is 1.84 bits per heavy atom. The predicted octanol–water partition coefficient (Wildman–Crippen LogP) is 2.20. The van der Waals surface area contributed by atoms with E-state index in [1.165, 1.54) is 12.1 Å². The van der Waals surface area contributed by atoms with Crippen molar-refractivity contribution in [3.05, 3.63) is 63.1 Å². The van der Waals surface area contributed by atoms with Crippen LogP contribution in [0.1, 0.15) is 27.9 Å². The second-order valence-corrected chi connectivity index (χ2v) is 7.89. The number of nitrogens with two attached hydrogens (primary N) is 1. The molecule has 0 aromatic heterocycles. The molecule has 0 aliphatic carbocycles. The minimum Gasteiger partial charge on any atom is -0.494 e. The molecule has 0 bridgehead atoms. The van der Waals surface area contributed by atoms with E-state index in [0.717, 1.165) is 32.4 Å². The normalized spacial score (nSPS) is 17.7. The van der Waals surface area contributed by atoms with Crippen molar-refractivity contribution >= 4 is 39.6 Å². The van der Waals surface area contributed by atoms with Crippen molar-refractivity contribution in [2.75, 3.05) is 14.2 Å². The summed E-state index contributed by atoms with van der Waals surface area (Å²) in [6.07, 6.45) is -0.984.